The molecule has 0 aromatic heterocycles. The molecule has 0 radical (unpaired) electrons. The summed E-state index contributed by atoms with van der Waals surface area (Å²) in [6.45, 7) is 7.68. The molecule has 3 N–H and O–H groups in total. The summed E-state index contributed by atoms with van der Waals surface area (Å²) in [6, 6.07) is 7.67. The predicted octanol–water partition coefficient (Wildman–Crippen LogP) is 2.69. The minimum absolute atomic E-state index is 0. The first-order chi connectivity index (χ1) is 13.2. The second-order valence-corrected chi connectivity index (χ2v) is 6.06. The maximum absolute atomic E-state index is 11.5. The van der Waals surface area contributed by atoms with Gasteiger partial charge in [0.1, 0.15) is 5.75 Å². The summed E-state index contributed by atoms with van der Waals surface area (Å²) in [5.74, 6) is 1.30. The molecule has 0 saturated heterocycles. The van der Waals surface area contributed by atoms with Crippen LogP contribution in [0.15, 0.2) is 29.3 Å². The fourth-order valence-corrected chi connectivity index (χ4v) is 2.28. The van der Waals surface area contributed by atoms with Crippen molar-refractivity contribution in [1.29, 1.82) is 0 Å². The number of guanidine groups is 1. The molecule has 160 valence electrons. The number of rotatable bonds is 13. The average Bonchev–Trinajstić information content (AvgIpc) is 2.68. The molecule has 1 aromatic carbocycles. The first-order valence-corrected chi connectivity index (χ1v) is 9.70. The Labute approximate surface area is 186 Å². The molecule has 0 heterocycles. The van der Waals surface area contributed by atoms with Gasteiger partial charge in [-0.15, -0.1) is 24.0 Å². The molecule has 1 aromatic rings. The summed E-state index contributed by atoms with van der Waals surface area (Å²) in [4.78, 5) is 15.7. The van der Waals surface area contributed by atoms with Crippen LogP contribution in [-0.2, 0) is 16.1 Å². The van der Waals surface area contributed by atoms with Crippen molar-refractivity contribution in [1.82, 2.24) is 16.0 Å². The fourth-order valence-electron chi connectivity index (χ4n) is 2.28. The van der Waals surface area contributed by atoms with Crippen LogP contribution < -0.4 is 20.7 Å². The van der Waals surface area contributed by atoms with Gasteiger partial charge in [-0.1, -0.05) is 25.5 Å². The van der Waals surface area contributed by atoms with Crippen LogP contribution in [0.3, 0.4) is 0 Å². The number of aliphatic imine (C=N–C) groups is 1. The molecule has 1 amide bonds. The van der Waals surface area contributed by atoms with Gasteiger partial charge in [0.05, 0.1) is 0 Å². The maximum Gasteiger partial charge on any atom is 0.257 e. The molecule has 1 rings (SSSR count). The van der Waals surface area contributed by atoms with Crippen LogP contribution >= 0.6 is 24.0 Å². The van der Waals surface area contributed by atoms with Crippen LogP contribution in [0.4, 0.5) is 0 Å². The first kappa shape index (κ1) is 26.4. The first-order valence-electron chi connectivity index (χ1n) is 9.70. The van der Waals surface area contributed by atoms with Gasteiger partial charge < -0.3 is 25.4 Å². The summed E-state index contributed by atoms with van der Waals surface area (Å²) in [5.41, 5.74) is 1.05. The van der Waals surface area contributed by atoms with Gasteiger partial charge >= 0.3 is 0 Å². The van der Waals surface area contributed by atoms with E-state index in [2.05, 4.69) is 27.9 Å². The Morgan fingerprint density at radius 3 is 2.61 bits per heavy atom. The van der Waals surface area contributed by atoms with E-state index in [1.165, 1.54) is 0 Å². The van der Waals surface area contributed by atoms with Crippen molar-refractivity contribution < 1.29 is 14.3 Å². The van der Waals surface area contributed by atoms with Crippen LogP contribution in [0.2, 0.25) is 0 Å². The highest BCUT2D eigenvalue weighted by atomic mass is 127. The molecule has 7 nitrogen and oxygen atoms in total. The summed E-state index contributed by atoms with van der Waals surface area (Å²) in [6.07, 6.45) is 3.21. The Bertz CT molecular complexity index is 570. The predicted molar refractivity (Wildman–Crippen MR) is 125 cm³/mol. The molecule has 0 spiro atoms. The third-order valence-electron chi connectivity index (χ3n) is 3.73. The maximum atomic E-state index is 11.5. The van der Waals surface area contributed by atoms with E-state index in [9.17, 15) is 4.79 Å². The normalized spacial score (nSPS) is 10.8. The number of unbranched alkanes of at least 4 members (excludes halogenated alkanes) is 1. The molecule has 0 aliphatic heterocycles. The molecule has 28 heavy (non-hydrogen) atoms. The lowest BCUT2D eigenvalue weighted by Crippen LogP contribution is -2.37. The molecular formula is C20H35IN4O3. The number of carbonyl (C=O) groups excluding carboxylic acids is 1. The Morgan fingerprint density at radius 2 is 1.89 bits per heavy atom. The van der Waals surface area contributed by atoms with Crippen molar-refractivity contribution in [3.63, 3.8) is 0 Å². The average molecular weight is 506 g/mol. The highest BCUT2D eigenvalue weighted by Crippen LogP contribution is 2.13. The zero-order chi connectivity index (χ0) is 19.7. The lowest BCUT2D eigenvalue weighted by Gasteiger charge is -2.13. The largest absolute Gasteiger partial charge is 0.484 e. The minimum atomic E-state index is -0.121. The Hall–Kier alpha value is -1.55. The van der Waals surface area contributed by atoms with Gasteiger partial charge in [0, 0.05) is 39.9 Å². The van der Waals surface area contributed by atoms with Crippen LogP contribution in [-0.4, -0.2) is 51.8 Å². The van der Waals surface area contributed by atoms with Crippen LogP contribution in [0.5, 0.6) is 5.75 Å². The van der Waals surface area contributed by atoms with Gasteiger partial charge in [-0.05, 0) is 37.5 Å². The third kappa shape index (κ3) is 12.8. The summed E-state index contributed by atoms with van der Waals surface area (Å²) < 4.78 is 11.1. The number of hydrogen-bond acceptors (Lipinski definition) is 4. The summed E-state index contributed by atoms with van der Waals surface area (Å²) in [5, 5.41) is 9.25. The van der Waals surface area contributed by atoms with E-state index in [0.717, 1.165) is 50.5 Å². The molecule has 0 fully saturated rings. The van der Waals surface area contributed by atoms with Gasteiger partial charge in [0.25, 0.3) is 5.91 Å². The number of nitrogens with one attached hydrogen (secondary N) is 3. The summed E-state index contributed by atoms with van der Waals surface area (Å²) in [7, 11) is 1.75. The number of amides is 1. The topological polar surface area (TPSA) is 84.0 Å². The number of likely N-dealkylation sites (N-methyl/N-ethyl adjacent to an activating group) is 1. The van der Waals surface area contributed by atoms with Crippen molar-refractivity contribution in [3.05, 3.63) is 29.8 Å². The van der Waals surface area contributed by atoms with Crippen LogP contribution in [0.1, 0.15) is 38.7 Å². The molecule has 8 heteroatoms. The molecule has 0 aliphatic carbocycles. The third-order valence-corrected chi connectivity index (χ3v) is 3.73. The lowest BCUT2D eigenvalue weighted by molar-refractivity contribution is -0.122. The second kappa shape index (κ2) is 17.5. The SMILES string of the molecule is CCCCOCCCNC(=NC)NCc1cccc(OCC(=O)NCC)c1.I. The van der Waals surface area contributed by atoms with Gasteiger partial charge in [0.2, 0.25) is 0 Å². The molecule has 0 unspecified atom stereocenters. The van der Waals surface area contributed by atoms with Crippen molar-refractivity contribution in [2.75, 3.05) is 40.0 Å². The van der Waals surface area contributed by atoms with Crippen LogP contribution in [0, 0.1) is 0 Å². The van der Waals surface area contributed by atoms with E-state index < -0.39 is 0 Å². The monoisotopic (exact) mass is 506 g/mol. The second-order valence-electron chi connectivity index (χ2n) is 6.06. The number of ether oxygens (including phenoxy) is 2. The molecule has 0 bridgehead atoms. The quantitative estimate of drug-likeness (QED) is 0.166. The van der Waals surface area contributed by atoms with E-state index in [0.29, 0.717) is 18.8 Å². The number of halogens is 1. The molecule has 0 saturated carbocycles. The highest BCUT2D eigenvalue weighted by molar-refractivity contribution is 14.0. The minimum Gasteiger partial charge on any atom is -0.484 e. The Kier molecular flexibility index (Phi) is 16.6. The lowest BCUT2D eigenvalue weighted by atomic mass is 10.2. The summed E-state index contributed by atoms with van der Waals surface area (Å²) >= 11 is 0. The van der Waals surface area contributed by atoms with Crippen LogP contribution in [0.25, 0.3) is 0 Å². The van der Waals surface area contributed by atoms with E-state index >= 15 is 0 Å². The highest BCUT2D eigenvalue weighted by Gasteiger charge is 2.03. The van der Waals surface area contributed by atoms with E-state index in [1.807, 2.05) is 31.2 Å². The van der Waals surface area contributed by atoms with Crippen molar-refractivity contribution >= 4 is 35.8 Å². The zero-order valence-corrected chi connectivity index (χ0v) is 19.6. The molecular weight excluding hydrogens is 471 g/mol. The van der Waals surface area contributed by atoms with E-state index in [4.69, 9.17) is 9.47 Å². The van der Waals surface area contributed by atoms with Gasteiger partial charge in [-0.2, -0.15) is 0 Å². The van der Waals surface area contributed by atoms with Crippen molar-refractivity contribution in [2.45, 2.75) is 39.7 Å². The number of hydrogen-bond donors (Lipinski definition) is 3. The zero-order valence-electron chi connectivity index (χ0n) is 17.3. The number of nitrogens with zero attached hydrogens (tertiary/aromatic N) is 1. The number of carbonyl (C=O) groups is 1. The smallest absolute Gasteiger partial charge is 0.257 e. The Morgan fingerprint density at radius 1 is 1.11 bits per heavy atom. The van der Waals surface area contributed by atoms with Crippen molar-refractivity contribution in [3.8, 4) is 5.75 Å². The van der Waals surface area contributed by atoms with Crippen molar-refractivity contribution in [2.24, 2.45) is 4.99 Å². The van der Waals surface area contributed by atoms with Gasteiger partial charge in [0.15, 0.2) is 12.6 Å². The molecule has 0 atom stereocenters. The van der Waals surface area contributed by atoms with E-state index in [1.54, 1.807) is 7.05 Å². The fraction of sp³-hybridized carbons (Fsp3) is 0.600. The Balaban J connectivity index is 0.00000729. The standard InChI is InChI=1S/C20H34N4O3.HI/c1-4-6-12-26-13-8-11-23-20(21-3)24-15-17-9-7-10-18(14-17)27-16-19(25)22-5-2;/h7,9-10,14H,4-6,8,11-13,15-16H2,1-3H3,(H,22,25)(H2,21,23,24);1H. The number of benzene rings is 1. The van der Waals surface area contributed by atoms with Gasteiger partial charge in [-0.3, -0.25) is 9.79 Å². The van der Waals surface area contributed by atoms with Gasteiger partial charge in [-0.25, -0.2) is 0 Å². The molecule has 0 aliphatic rings. The van der Waals surface area contributed by atoms with E-state index in [-0.39, 0.29) is 36.5 Å².